The molecule has 0 saturated heterocycles. The molecule has 1 amide bonds. The number of esters is 1. The van der Waals surface area contributed by atoms with E-state index in [4.69, 9.17) is 34.5 Å². The summed E-state index contributed by atoms with van der Waals surface area (Å²) in [5.74, 6) is 0.321. The summed E-state index contributed by atoms with van der Waals surface area (Å²) < 4.78 is 26.9. The van der Waals surface area contributed by atoms with Crippen LogP contribution in [0.5, 0.6) is 0 Å². The highest BCUT2D eigenvalue weighted by molar-refractivity contribution is 5.75. The minimum Gasteiger partial charge on any atom is -0.460 e. The van der Waals surface area contributed by atoms with Crippen molar-refractivity contribution in [2.45, 2.75) is 152 Å². The van der Waals surface area contributed by atoms with E-state index in [1.807, 2.05) is 41.5 Å². The van der Waals surface area contributed by atoms with Gasteiger partial charge in [0.15, 0.2) is 12.6 Å². The van der Waals surface area contributed by atoms with Crippen molar-refractivity contribution >= 4 is 11.9 Å². The van der Waals surface area contributed by atoms with Crippen molar-refractivity contribution in [2.24, 2.45) is 23.0 Å². The van der Waals surface area contributed by atoms with Crippen LogP contribution in [0.15, 0.2) is 0 Å². The molecule has 0 aliphatic rings. The van der Waals surface area contributed by atoms with Gasteiger partial charge in [0.2, 0.25) is 5.91 Å². The quantitative estimate of drug-likeness (QED) is 0.111. The maximum absolute atomic E-state index is 11.6. The Hall–Kier alpha value is -1.34. The summed E-state index contributed by atoms with van der Waals surface area (Å²) >= 11 is 0. The van der Waals surface area contributed by atoms with E-state index < -0.39 is 24.5 Å². The molecule has 11 heteroatoms. The van der Waals surface area contributed by atoms with Gasteiger partial charge < -0.3 is 44.7 Å². The first-order valence-corrected chi connectivity index (χ1v) is 15.6. The number of rotatable bonds is 20. The minimum atomic E-state index is -0.970. The molecular weight excluding hydrogens is 558 g/mol. The lowest BCUT2D eigenvalue weighted by atomic mass is 9.89. The average molecular weight is 626 g/mol. The molecule has 0 fully saturated rings. The van der Waals surface area contributed by atoms with Crippen LogP contribution in [0.4, 0.5) is 0 Å². The van der Waals surface area contributed by atoms with Crippen molar-refractivity contribution in [2.75, 3.05) is 26.4 Å². The molecule has 0 aromatic carbocycles. The van der Waals surface area contributed by atoms with Crippen LogP contribution < -0.4 is 5.73 Å². The van der Waals surface area contributed by atoms with Gasteiger partial charge in [-0.25, -0.2) is 0 Å². The predicted molar refractivity (Wildman–Crippen MR) is 169 cm³/mol. The molecule has 0 aromatic heterocycles. The van der Waals surface area contributed by atoms with E-state index in [9.17, 15) is 19.8 Å². The molecule has 0 radical (unpaired) electrons. The fourth-order valence-electron chi connectivity index (χ4n) is 3.34. The number of carbonyl (C=O) groups excluding carboxylic acids is 2. The van der Waals surface area contributed by atoms with Gasteiger partial charge in [-0.1, -0.05) is 55.4 Å². The molecule has 5 N–H and O–H groups in total. The molecule has 0 aliphatic heterocycles. The van der Waals surface area contributed by atoms with Crippen LogP contribution in [0.25, 0.3) is 0 Å². The molecular formula is C32H67NO10. The lowest BCUT2D eigenvalue weighted by molar-refractivity contribution is -0.219. The first-order chi connectivity index (χ1) is 19.7. The number of nitrogens with two attached hydrogens (primary N) is 1. The second-order valence-corrected chi connectivity index (χ2v) is 13.5. The fourth-order valence-corrected chi connectivity index (χ4v) is 3.34. The molecule has 0 aromatic rings. The second-order valence-electron chi connectivity index (χ2n) is 13.5. The molecule has 4 atom stereocenters. The van der Waals surface area contributed by atoms with Gasteiger partial charge in [0.05, 0.1) is 44.2 Å². The van der Waals surface area contributed by atoms with E-state index >= 15 is 0 Å². The SMILES string of the molecule is CC(C)C.CC(C)CC(CO)OC(COC(=O)CCCC(N)=O)OC(C)C.CC(C)OCC(O)OC(CO)CC(C)(C)C. The van der Waals surface area contributed by atoms with Gasteiger partial charge in [-0.05, 0) is 64.2 Å². The highest BCUT2D eigenvalue weighted by Crippen LogP contribution is 2.22. The maximum atomic E-state index is 11.6. The summed E-state index contributed by atoms with van der Waals surface area (Å²) in [6, 6.07) is 0. The highest BCUT2D eigenvalue weighted by atomic mass is 16.7. The van der Waals surface area contributed by atoms with E-state index in [0.29, 0.717) is 25.2 Å². The van der Waals surface area contributed by atoms with Crippen molar-refractivity contribution in [3.05, 3.63) is 0 Å². The van der Waals surface area contributed by atoms with Crippen molar-refractivity contribution in [1.29, 1.82) is 0 Å². The van der Waals surface area contributed by atoms with Crippen molar-refractivity contribution in [1.82, 2.24) is 0 Å². The Balaban J connectivity index is -0.000000693. The van der Waals surface area contributed by atoms with Crippen LogP contribution in [0.1, 0.15) is 115 Å². The summed E-state index contributed by atoms with van der Waals surface area (Å²) in [7, 11) is 0. The zero-order valence-corrected chi connectivity index (χ0v) is 29.3. The lowest BCUT2D eigenvalue weighted by Crippen LogP contribution is -2.34. The number of aliphatic hydroxyl groups excluding tert-OH is 3. The second kappa shape index (κ2) is 27.0. The summed E-state index contributed by atoms with van der Waals surface area (Å²) in [6.45, 7) is 24.1. The number of ether oxygens (including phenoxy) is 5. The Morgan fingerprint density at radius 1 is 0.767 bits per heavy atom. The number of amides is 1. The summed E-state index contributed by atoms with van der Waals surface area (Å²) in [4.78, 5) is 22.2. The van der Waals surface area contributed by atoms with Crippen LogP contribution in [0, 0.1) is 17.3 Å². The molecule has 0 aliphatic carbocycles. The van der Waals surface area contributed by atoms with Gasteiger partial charge in [0, 0.05) is 12.8 Å². The number of hydrogen-bond acceptors (Lipinski definition) is 10. The summed E-state index contributed by atoms with van der Waals surface area (Å²) in [5.41, 5.74) is 5.07. The highest BCUT2D eigenvalue weighted by Gasteiger charge is 2.22. The topological polar surface area (TPSA) is 167 Å². The summed E-state index contributed by atoms with van der Waals surface area (Å²) in [6.07, 6.45) is -0.447. The number of carbonyl (C=O) groups is 2. The third-order valence-corrected chi connectivity index (χ3v) is 4.86. The molecule has 0 rings (SSSR count). The zero-order valence-electron chi connectivity index (χ0n) is 29.3. The zero-order chi connectivity index (χ0) is 34.2. The smallest absolute Gasteiger partial charge is 0.305 e. The van der Waals surface area contributed by atoms with Gasteiger partial charge in [-0.2, -0.15) is 0 Å². The largest absolute Gasteiger partial charge is 0.460 e. The van der Waals surface area contributed by atoms with Crippen LogP contribution in [0.2, 0.25) is 0 Å². The molecule has 0 saturated carbocycles. The summed E-state index contributed by atoms with van der Waals surface area (Å²) in [5, 5.41) is 28.0. The third-order valence-electron chi connectivity index (χ3n) is 4.86. The van der Waals surface area contributed by atoms with E-state index in [2.05, 4.69) is 41.5 Å². The van der Waals surface area contributed by atoms with Crippen LogP contribution in [0.3, 0.4) is 0 Å². The monoisotopic (exact) mass is 625 g/mol. The standard InChI is InChI=1S/C16H31NO6.C12H26O4.C4H10/c1-11(2)8-13(9-18)23-16(22-12(3)4)10-21-15(20)7-5-6-14(17)19;1-9(2)15-8-11(14)16-10(7-13)6-12(3,4)5;1-4(2)3/h11-13,16,18H,5-10H2,1-4H3,(H2,17,19);9-11,13-14H,6-8H2,1-5H3;4H,1-3H3. The van der Waals surface area contributed by atoms with Gasteiger partial charge in [-0.15, -0.1) is 0 Å². The molecule has 0 spiro atoms. The first kappa shape index (κ1) is 46.1. The Morgan fingerprint density at radius 3 is 1.70 bits per heavy atom. The molecule has 260 valence electrons. The molecule has 11 nitrogen and oxygen atoms in total. The third kappa shape index (κ3) is 38.6. The van der Waals surface area contributed by atoms with Gasteiger partial charge >= 0.3 is 5.97 Å². The van der Waals surface area contributed by atoms with Gasteiger partial charge in [-0.3, -0.25) is 9.59 Å². The first-order valence-electron chi connectivity index (χ1n) is 15.6. The minimum absolute atomic E-state index is 0.0534. The fraction of sp³-hybridized carbons (Fsp3) is 0.938. The van der Waals surface area contributed by atoms with E-state index in [0.717, 1.165) is 5.92 Å². The van der Waals surface area contributed by atoms with E-state index in [1.165, 1.54) is 0 Å². The molecule has 0 heterocycles. The molecule has 43 heavy (non-hydrogen) atoms. The lowest BCUT2D eigenvalue weighted by Gasteiger charge is -2.26. The van der Waals surface area contributed by atoms with Gasteiger partial charge in [0.25, 0.3) is 0 Å². The average Bonchev–Trinajstić information content (AvgIpc) is 2.83. The number of hydrogen-bond donors (Lipinski definition) is 4. The van der Waals surface area contributed by atoms with Gasteiger partial charge in [0.1, 0.15) is 6.61 Å². The van der Waals surface area contributed by atoms with Crippen molar-refractivity contribution in [3.8, 4) is 0 Å². The predicted octanol–water partition coefficient (Wildman–Crippen LogP) is 4.57. The molecule has 4 unspecified atom stereocenters. The number of aliphatic hydroxyl groups is 3. The Bertz CT molecular complexity index is 662. The van der Waals surface area contributed by atoms with Crippen LogP contribution in [-0.2, 0) is 33.3 Å². The normalized spacial score (nSPS) is 14.5. The Morgan fingerprint density at radius 2 is 1.30 bits per heavy atom. The van der Waals surface area contributed by atoms with E-state index in [-0.39, 0.29) is 69.1 Å². The van der Waals surface area contributed by atoms with E-state index in [1.54, 1.807) is 0 Å². The number of primary amides is 1. The van der Waals surface area contributed by atoms with Crippen LogP contribution in [-0.4, -0.2) is 90.6 Å². The maximum Gasteiger partial charge on any atom is 0.305 e. The van der Waals surface area contributed by atoms with Crippen LogP contribution >= 0.6 is 0 Å². The Kier molecular flexibility index (Phi) is 28.9. The van der Waals surface area contributed by atoms with Crippen molar-refractivity contribution < 1.29 is 48.6 Å². The molecule has 0 bridgehead atoms. The Labute approximate surface area is 262 Å². The van der Waals surface area contributed by atoms with Crippen molar-refractivity contribution in [3.63, 3.8) is 0 Å².